The number of unbranched alkanes of at least 4 members (excludes halogenated alkanes) is 1. The van der Waals surface area contributed by atoms with Crippen molar-refractivity contribution in [1.82, 2.24) is 35.4 Å². The van der Waals surface area contributed by atoms with Crippen LogP contribution in [0.25, 0.3) is 32.4 Å². The number of urea groups is 1. The molecule has 6 rings (SSSR count). The molecule has 6 amide bonds. The summed E-state index contributed by atoms with van der Waals surface area (Å²) < 4.78 is 29.8. The standard InChI is InChI=1S/C57H79N13O10/c1-4-5-12-48-66-51-52(45-9-6-7-10-46(45)64-53(51)58)70(48)37-42-17-15-41(16-18-42)36-69(27-23-40-13-14-40)57(75)80-38-43-19-21-44(22-20-43)63-54(72)47(11-8-25-61-56(59)74)65-55(73)50(39(2)3)67-49(71)24-28-76-30-32-78-34-35-79-33-31-77-29-26-62-68-60/h6-7,9-10,15-22,39-40,47,50H,4-5,8,11-14,23-38H2,1-3H3,(H2,58,64)(H,63,72)(H,65,73)(H,67,71)(H3,59,61,74)/t47-,50-/m0/s1. The lowest BCUT2D eigenvalue weighted by molar-refractivity contribution is -0.132. The molecule has 0 bridgehead atoms. The number of carbonyl (C=O) groups excluding carboxylic acids is 5. The van der Waals surface area contributed by atoms with E-state index in [0.717, 1.165) is 77.4 Å². The first-order chi connectivity index (χ1) is 38.8. The number of primary amides is 1. The van der Waals surface area contributed by atoms with Gasteiger partial charge in [-0.1, -0.05) is 99.7 Å². The van der Waals surface area contributed by atoms with E-state index >= 15 is 0 Å². The van der Waals surface area contributed by atoms with Crippen molar-refractivity contribution < 1.29 is 47.7 Å². The Labute approximate surface area is 467 Å². The maximum atomic E-state index is 13.8. The molecule has 0 unspecified atom stereocenters. The zero-order valence-corrected chi connectivity index (χ0v) is 46.4. The van der Waals surface area contributed by atoms with Gasteiger partial charge in [-0.3, -0.25) is 14.4 Å². The molecule has 432 valence electrons. The second-order valence-electron chi connectivity index (χ2n) is 20.1. The Bertz CT molecular complexity index is 2820. The van der Waals surface area contributed by atoms with Crippen molar-refractivity contribution in [3.05, 3.63) is 106 Å². The molecule has 1 saturated carbocycles. The van der Waals surface area contributed by atoms with Crippen LogP contribution in [0.2, 0.25) is 0 Å². The molecule has 2 aromatic heterocycles. The highest BCUT2D eigenvalue weighted by Gasteiger charge is 2.29. The summed E-state index contributed by atoms with van der Waals surface area (Å²) >= 11 is 0. The number of rotatable bonds is 37. The van der Waals surface area contributed by atoms with Crippen LogP contribution in [0.1, 0.15) is 94.7 Å². The third kappa shape index (κ3) is 20.6. The van der Waals surface area contributed by atoms with Crippen molar-refractivity contribution in [2.24, 2.45) is 22.7 Å². The second kappa shape index (κ2) is 33.1. The number of nitrogens with two attached hydrogens (primary N) is 2. The van der Waals surface area contributed by atoms with Gasteiger partial charge in [0.2, 0.25) is 17.7 Å². The molecule has 5 aromatic rings. The minimum atomic E-state index is -1.04. The van der Waals surface area contributed by atoms with E-state index < -0.39 is 41.9 Å². The Balaban J connectivity index is 0.977. The van der Waals surface area contributed by atoms with Crippen LogP contribution >= 0.6 is 0 Å². The third-order valence-corrected chi connectivity index (χ3v) is 13.4. The Morgan fingerprint density at radius 1 is 0.825 bits per heavy atom. The minimum absolute atomic E-state index is 0.00606. The molecule has 23 nitrogen and oxygen atoms in total. The molecule has 1 aliphatic carbocycles. The maximum Gasteiger partial charge on any atom is 0.410 e. The van der Waals surface area contributed by atoms with E-state index in [0.29, 0.717) is 88.7 Å². The van der Waals surface area contributed by atoms with E-state index in [9.17, 15) is 24.0 Å². The van der Waals surface area contributed by atoms with Gasteiger partial charge in [0.25, 0.3) is 0 Å². The molecule has 0 spiro atoms. The number of amides is 6. The van der Waals surface area contributed by atoms with Gasteiger partial charge in [0, 0.05) is 61.6 Å². The number of nitrogen functional groups attached to an aromatic ring is 1. The molecule has 0 aliphatic heterocycles. The molecule has 3 aromatic carbocycles. The molecule has 2 heterocycles. The summed E-state index contributed by atoms with van der Waals surface area (Å²) in [5.74, 6) is 0.200. The van der Waals surface area contributed by atoms with E-state index in [-0.39, 0.29) is 51.7 Å². The van der Waals surface area contributed by atoms with Crippen LogP contribution in [0, 0.1) is 11.8 Å². The highest BCUT2D eigenvalue weighted by molar-refractivity contribution is 6.06. The Hall–Kier alpha value is -7.56. The van der Waals surface area contributed by atoms with Crippen LogP contribution in [0.4, 0.5) is 21.1 Å². The molecule has 1 aliphatic rings. The van der Waals surface area contributed by atoms with Crippen molar-refractivity contribution in [3.8, 4) is 0 Å². The lowest BCUT2D eigenvalue weighted by Gasteiger charge is -2.25. The summed E-state index contributed by atoms with van der Waals surface area (Å²) in [4.78, 5) is 79.5. The molecular weight excluding hydrogens is 1030 g/mol. The molecule has 0 saturated heterocycles. The van der Waals surface area contributed by atoms with Gasteiger partial charge in [0.05, 0.1) is 63.9 Å². The average molecular weight is 1110 g/mol. The summed E-state index contributed by atoms with van der Waals surface area (Å²) in [6.45, 7) is 10.2. The van der Waals surface area contributed by atoms with E-state index in [1.165, 1.54) is 0 Å². The van der Waals surface area contributed by atoms with Crippen LogP contribution in [0.15, 0.2) is 77.9 Å². The van der Waals surface area contributed by atoms with E-state index in [2.05, 4.69) is 78.1 Å². The fourth-order valence-corrected chi connectivity index (χ4v) is 8.79. The van der Waals surface area contributed by atoms with E-state index in [1.807, 2.05) is 18.2 Å². The lowest BCUT2D eigenvalue weighted by Crippen LogP contribution is -2.54. The summed E-state index contributed by atoms with van der Waals surface area (Å²) in [5.41, 5.74) is 25.7. The Kier molecular flexibility index (Phi) is 25.5. The van der Waals surface area contributed by atoms with Gasteiger partial charge in [-0.2, -0.15) is 0 Å². The van der Waals surface area contributed by atoms with Gasteiger partial charge in [-0.05, 0) is 77.9 Å². The van der Waals surface area contributed by atoms with Gasteiger partial charge in [-0.15, -0.1) is 0 Å². The number of pyridine rings is 1. The van der Waals surface area contributed by atoms with Gasteiger partial charge in [-0.25, -0.2) is 19.6 Å². The largest absolute Gasteiger partial charge is 0.445 e. The Morgan fingerprint density at radius 3 is 2.15 bits per heavy atom. The number of carbonyl (C=O) groups is 5. The van der Waals surface area contributed by atoms with Crippen LogP contribution in [0.5, 0.6) is 0 Å². The molecule has 8 N–H and O–H groups in total. The van der Waals surface area contributed by atoms with Crippen LogP contribution < -0.4 is 32.7 Å². The number of nitrogens with one attached hydrogen (secondary N) is 4. The fraction of sp³-hybridized carbons (Fsp3) is 0.526. The normalized spacial score (nSPS) is 12.9. The first-order valence-corrected chi connectivity index (χ1v) is 27.7. The number of aromatic nitrogens is 3. The number of nitrogens with zero attached hydrogens (tertiary/aromatic N) is 7. The third-order valence-electron chi connectivity index (χ3n) is 13.4. The fourth-order valence-electron chi connectivity index (χ4n) is 8.79. The van der Waals surface area contributed by atoms with Gasteiger partial charge >= 0.3 is 12.1 Å². The predicted octanol–water partition coefficient (Wildman–Crippen LogP) is 7.28. The highest BCUT2D eigenvalue weighted by Crippen LogP contribution is 2.33. The predicted molar refractivity (Wildman–Crippen MR) is 304 cm³/mol. The first-order valence-electron chi connectivity index (χ1n) is 27.7. The summed E-state index contributed by atoms with van der Waals surface area (Å²) in [6.07, 6.45) is 6.10. The quantitative estimate of drug-likeness (QED) is 0.00987. The average Bonchev–Trinajstić information content (AvgIpc) is 4.29. The molecule has 80 heavy (non-hydrogen) atoms. The number of ether oxygens (including phenoxy) is 5. The number of aryl methyl sites for hydroxylation is 1. The molecule has 1 fully saturated rings. The SMILES string of the molecule is CCCCc1nc2c(N)nc3ccccc3c2n1Cc1ccc(CN(CCC2CC2)C(=O)OCc2ccc(NC(=O)[C@H](CCCNC(N)=O)NC(=O)[C@@H](NC(=O)CCOCCOCCOCCOCCN=[N+]=[N-])C(C)C)cc2)cc1. The first kappa shape index (κ1) is 61.6. The number of imidazole rings is 1. The van der Waals surface area contributed by atoms with Crippen molar-refractivity contribution in [1.29, 1.82) is 0 Å². The summed E-state index contributed by atoms with van der Waals surface area (Å²) in [7, 11) is 0. The van der Waals surface area contributed by atoms with Gasteiger partial charge < -0.3 is 65.9 Å². The molecule has 2 atom stereocenters. The van der Waals surface area contributed by atoms with E-state index in [1.54, 1.807) is 43.0 Å². The number of para-hydroxylation sites is 1. The van der Waals surface area contributed by atoms with Crippen molar-refractivity contribution >= 4 is 63.3 Å². The number of anilines is 2. The monoisotopic (exact) mass is 1110 g/mol. The van der Waals surface area contributed by atoms with E-state index in [4.69, 9.17) is 45.7 Å². The lowest BCUT2D eigenvalue weighted by atomic mass is 10.0. The van der Waals surface area contributed by atoms with Crippen LogP contribution in [-0.2, 0) is 64.2 Å². The topological polar surface area (TPSA) is 314 Å². The van der Waals surface area contributed by atoms with Crippen LogP contribution in [0.3, 0.4) is 0 Å². The number of fused-ring (bicyclic) bond motifs is 3. The van der Waals surface area contributed by atoms with Crippen molar-refractivity contribution in [2.75, 3.05) is 83.5 Å². The summed E-state index contributed by atoms with van der Waals surface area (Å²) in [5, 5.41) is 15.3. The smallest absolute Gasteiger partial charge is 0.410 e. The summed E-state index contributed by atoms with van der Waals surface area (Å²) in [6, 6.07) is 20.5. The van der Waals surface area contributed by atoms with Gasteiger partial charge in [0.15, 0.2) is 5.82 Å². The Morgan fingerprint density at radius 2 is 1.49 bits per heavy atom. The molecule has 23 heteroatoms. The number of benzene rings is 3. The number of azide groups is 1. The zero-order chi connectivity index (χ0) is 57.1. The number of hydrogen-bond donors (Lipinski definition) is 6. The van der Waals surface area contributed by atoms with Crippen molar-refractivity contribution in [3.63, 3.8) is 0 Å². The van der Waals surface area contributed by atoms with Crippen LogP contribution in [-0.4, -0.2) is 134 Å². The van der Waals surface area contributed by atoms with Gasteiger partial charge in [0.1, 0.15) is 30.0 Å². The molecular formula is C57H79N13O10. The second-order valence-corrected chi connectivity index (χ2v) is 20.1. The minimum Gasteiger partial charge on any atom is -0.445 e. The van der Waals surface area contributed by atoms with Crippen molar-refractivity contribution in [2.45, 2.75) is 110 Å². The number of hydrogen-bond acceptors (Lipinski definition) is 14. The molecule has 0 radical (unpaired) electrons. The zero-order valence-electron chi connectivity index (χ0n) is 46.4. The maximum absolute atomic E-state index is 13.8. The highest BCUT2D eigenvalue weighted by atomic mass is 16.6.